The Morgan fingerprint density at radius 2 is 1.84 bits per heavy atom. The molecule has 3 heterocycles. The van der Waals surface area contributed by atoms with Crippen LogP contribution in [-0.4, -0.2) is 75.5 Å². The largest absolute Gasteiger partial charge is 0.445 e. The summed E-state index contributed by atoms with van der Waals surface area (Å²) >= 11 is 0. The zero-order valence-corrected chi connectivity index (χ0v) is 18.9. The normalized spacial score (nSPS) is 20.8. The molecule has 2 saturated heterocycles. The maximum atomic E-state index is 12.4. The molecule has 0 radical (unpaired) electrons. The fourth-order valence-electron chi connectivity index (χ4n) is 4.95. The molecule has 4 rings (SSSR count). The molecule has 2 aliphatic heterocycles. The van der Waals surface area contributed by atoms with Crippen molar-refractivity contribution in [3.05, 3.63) is 59.4 Å². The molecule has 32 heavy (non-hydrogen) atoms. The molecule has 1 atom stereocenters. The highest BCUT2D eigenvalue weighted by Gasteiger charge is 2.41. The second kappa shape index (κ2) is 10.1. The van der Waals surface area contributed by atoms with Gasteiger partial charge >= 0.3 is 6.09 Å². The third-order valence-corrected chi connectivity index (χ3v) is 7.17. The van der Waals surface area contributed by atoms with Crippen LogP contribution in [0.25, 0.3) is 0 Å². The number of piperidine rings is 2. The van der Waals surface area contributed by atoms with Gasteiger partial charge in [0.1, 0.15) is 6.61 Å². The van der Waals surface area contributed by atoms with Crippen LogP contribution in [0, 0.1) is 6.92 Å². The van der Waals surface area contributed by atoms with Crippen LogP contribution in [0.1, 0.15) is 48.3 Å². The predicted molar refractivity (Wildman–Crippen MR) is 122 cm³/mol. The number of aromatic amines is 1. The topological polar surface area (TPSA) is 89.0 Å². The number of amides is 1. The zero-order chi connectivity index (χ0) is 22.6. The maximum absolute atomic E-state index is 12.4. The number of aromatic nitrogens is 1. The van der Waals surface area contributed by atoms with Crippen molar-refractivity contribution < 1.29 is 19.7 Å². The molecular formula is C25H35N3O4. The fourth-order valence-corrected chi connectivity index (χ4v) is 4.95. The van der Waals surface area contributed by atoms with E-state index in [2.05, 4.69) is 23.0 Å². The van der Waals surface area contributed by atoms with E-state index < -0.39 is 11.7 Å². The summed E-state index contributed by atoms with van der Waals surface area (Å²) in [6, 6.07) is 9.58. The lowest BCUT2D eigenvalue weighted by atomic mass is 9.84. The number of nitrogens with one attached hydrogen (secondary N) is 1. The van der Waals surface area contributed by atoms with Crippen molar-refractivity contribution in [3.8, 4) is 0 Å². The van der Waals surface area contributed by atoms with Crippen molar-refractivity contribution in [2.45, 2.75) is 56.8 Å². The van der Waals surface area contributed by atoms with Crippen LogP contribution < -0.4 is 0 Å². The van der Waals surface area contributed by atoms with Gasteiger partial charge in [-0.2, -0.15) is 0 Å². The van der Waals surface area contributed by atoms with Gasteiger partial charge in [-0.1, -0.05) is 30.3 Å². The predicted octanol–water partition coefficient (Wildman–Crippen LogP) is 3.03. The van der Waals surface area contributed by atoms with Gasteiger partial charge in [-0.15, -0.1) is 0 Å². The minimum absolute atomic E-state index is 0.237. The van der Waals surface area contributed by atoms with E-state index >= 15 is 0 Å². The number of ether oxygens (including phenoxy) is 1. The molecule has 7 nitrogen and oxygen atoms in total. The van der Waals surface area contributed by atoms with Gasteiger partial charge in [0.25, 0.3) is 0 Å². The van der Waals surface area contributed by atoms with Crippen molar-refractivity contribution in [2.24, 2.45) is 0 Å². The lowest BCUT2D eigenvalue weighted by molar-refractivity contribution is -0.116. The van der Waals surface area contributed by atoms with E-state index in [1.807, 2.05) is 36.5 Å². The second-order valence-electron chi connectivity index (χ2n) is 9.32. The summed E-state index contributed by atoms with van der Waals surface area (Å²) < 4.78 is 5.40. The first-order valence-electron chi connectivity index (χ1n) is 11.7. The monoisotopic (exact) mass is 441 g/mol. The molecule has 0 aliphatic carbocycles. The molecule has 7 heteroatoms. The standard InChI is InChI=1S/C25H35N3O4/c1-19-15-26-16-22(19)21-7-11-27(12-8-21)17-23(29)25(31)9-13-28(14-10-25)24(30)32-18-20-5-3-2-4-6-20/h2-6,15-16,21,23,26,29,31H,7-14,17-18H2,1H3. The summed E-state index contributed by atoms with van der Waals surface area (Å²) in [6.07, 6.45) is 5.79. The number of aryl methyl sites for hydroxylation is 1. The van der Waals surface area contributed by atoms with E-state index in [-0.39, 0.29) is 12.7 Å². The number of rotatable bonds is 6. The van der Waals surface area contributed by atoms with Crippen LogP contribution in [0.5, 0.6) is 0 Å². The average Bonchev–Trinajstić information content (AvgIpc) is 3.25. The Kier molecular flexibility index (Phi) is 7.18. The molecule has 174 valence electrons. The summed E-state index contributed by atoms with van der Waals surface area (Å²) in [6.45, 7) is 5.45. The number of likely N-dealkylation sites (tertiary alicyclic amines) is 2. The molecule has 2 fully saturated rings. The van der Waals surface area contributed by atoms with E-state index in [1.165, 1.54) is 11.1 Å². The van der Waals surface area contributed by atoms with Crippen molar-refractivity contribution in [2.75, 3.05) is 32.7 Å². The van der Waals surface area contributed by atoms with Crippen LogP contribution >= 0.6 is 0 Å². The smallest absolute Gasteiger partial charge is 0.410 e. The second-order valence-corrected chi connectivity index (χ2v) is 9.32. The third-order valence-electron chi connectivity index (χ3n) is 7.17. The van der Waals surface area contributed by atoms with Gasteiger partial charge in [-0.05, 0) is 68.3 Å². The Labute approximate surface area is 190 Å². The van der Waals surface area contributed by atoms with Gasteiger partial charge in [-0.3, -0.25) is 0 Å². The number of β-amino-alcohol motifs (C(OH)–C–C–N with tert-alkyl or cyclic N) is 1. The van der Waals surface area contributed by atoms with Crippen molar-refractivity contribution in [1.82, 2.24) is 14.8 Å². The molecule has 1 aromatic heterocycles. The highest BCUT2D eigenvalue weighted by Crippen LogP contribution is 2.32. The summed E-state index contributed by atoms with van der Waals surface area (Å²) in [4.78, 5) is 19.4. The number of hydrogen-bond donors (Lipinski definition) is 3. The minimum Gasteiger partial charge on any atom is -0.445 e. The molecule has 0 saturated carbocycles. The minimum atomic E-state index is -1.16. The summed E-state index contributed by atoms with van der Waals surface area (Å²) in [5, 5.41) is 21.9. The number of aliphatic hydroxyl groups is 2. The Bertz CT molecular complexity index is 868. The number of H-pyrrole nitrogens is 1. The molecule has 1 aromatic carbocycles. The van der Waals surface area contributed by atoms with E-state index in [0.717, 1.165) is 31.5 Å². The van der Waals surface area contributed by atoms with E-state index in [1.54, 1.807) is 4.90 Å². The van der Waals surface area contributed by atoms with Gasteiger partial charge in [0.05, 0.1) is 11.7 Å². The Morgan fingerprint density at radius 1 is 1.16 bits per heavy atom. The third kappa shape index (κ3) is 5.34. The molecule has 0 spiro atoms. The van der Waals surface area contributed by atoms with Crippen molar-refractivity contribution >= 4 is 6.09 Å². The van der Waals surface area contributed by atoms with Crippen LogP contribution in [0.2, 0.25) is 0 Å². The molecule has 0 bridgehead atoms. The van der Waals surface area contributed by atoms with Crippen LogP contribution in [0.15, 0.2) is 42.7 Å². The van der Waals surface area contributed by atoms with Crippen LogP contribution in [0.4, 0.5) is 4.79 Å². The Morgan fingerprint density at radius 3 is 2.47 bits per heavy atom. The molecule has 3 N–H and O–H groups in total. The van der Waals surface area contributed by atoms with E-state index in [4.69, 9.17) is 4.74 Å². The van der Waals surface area contributed by atoms with Gasteiger partial charge in [0, 0.05) is 32.0 Å². The summed E-state index contributed by atoms with van der Waals surface area (Å²) in [5.41, 5.74) is 2.49. The first kappa shape index (κ1) is 22.8. The first-order chi connectivity index (χ1) is 15.4. The maximum Gasteiger partial charge on any atom is 0.410 e. The molecule has 1 unspecified atom stereocenters. The fraction of sp³-hybridized carbons (Fsp3) is 0.560. The van der Waals surface area contributed by atoms with Crippen LogP contribution in [0.3, 0.4) is 0 Å². The van der Waals surface area contributed by atoms with Crippen LogP contribution in [-0.2, 0) is 11.3 Å². The van der Waals surface area contributed by atoms with E-state index in [0.29, 0.717) is 38.4 Å². The number of hydrogen-bond acceptors (Lipinski definition) is 5. The SMILES string of the molecule is Cc1c[nH]cc1C1CCN(CC(O)C2(O)CCN(C(=O)OCc3ccccc3)CC2)CC1. The van der Waals surface area contributed by atoms with Gasteiger partial charge in [-0.25, -0.2) is 4.79 Å². The molecule has 2 aromatic rings. The van der Waals surface area contributed by atoms with Crippen molar-refractivity contribution in [3.63, 3.8) is 0 Å². The van der Waals surface area contributed by atoms with Gasteiger partial charge < -0.3 is 29.7 Å². The lowest BCUT2D eigenvalue weighted by Crippen LogP contribution is -2.56. The molecular weight excluding hydrogens is 406 g/mol. The van der Waals surface area contributed by atoms with E-state index in [9.17, 15) is 15.0 Å². The summed E-state index contributed by atoms with van der Waals surface area (Å²) in [5.74, 6) is 0.558. The van der Waals surface area contributed by atoms with Gasteiger partial charge in [0.2, 0.25) is 0 Å². The summed E-state index contributed by atoms with van der Waals surface area (Å²) in [7, 11) is 0. The number of carbonyl (C=O) groups is 1. The highest BCUT2D eigenvalue weighted by atomic mass is 16.6. The number of benzene rings is 1. The zero-order valence-electron chi connectivity index (χ0n) is 18.9. The number of nitrogens with zero attached hydrogens (tertiary/aromatic N) is 2. The molecule has 2 aliphatic rings. The first-order valence-corrected chi connectivity index (χ1v) is 11.7. The average molecular weight is 442 g/mol. The number of carbonyl (C=O) groups excluding carboxylic acids is 1. The molecule has 1 amide bonds. The lowest BCUT2D eigenvalue weighted by Gasteiger charge is -2.42. The Balaban J connectivity index is 1.21. The Hall–Kier alpha value is -2.35. The number of aliphatic hydroxyl groups excluding tert-OH is 1. The van der Waals surface area contributed by atoms with Crippen molar-refractivity contribution in [1.29, 1.82) is 0 Å². The quantitative estimate of drug-likeness (QED) is 0.641. The highest BCUT2D eigenvalue weighted by molar-refractivity contribution is 5.67. The van der Waals surface area contributed by atoms with Gasteiger partial charge in [0.15, 0.2) is 0 Å².